The topological polar surface area (TPSA) is 35.5 Å². The van der Waals surface area contributed by atoms with Gasteiger partial charge in [0.05, 0.1) is 24.3 Å². The van der Waals surface area contributed by atoms with Crippen molar-refractivity contribution in [1.29, 1.82) is 0 Å². The molecule has 0 aliphatic heterocycles. The molecule has 0 heterocycles. The van der Waals surface area contributed by atoms with Gasteiger partial charge in [0.25, 0.3) is 0 Å². The summed E-state index contributed by atoms with van der Waals surface area (Å²) in [6, 6.07) is 8.93. The van der Waals surface area contributed by atoms with Gasteiger partial charge in [0.1, 0.15) is 11.5 Å². The van der Waals surface area contributed by atoms with Crippen molar-refractivity contribution in [2.45, 2.75) is 6.92 Å². The van der Waals surface area contributed by atoms with Gasteiger partial charge in [-0.25, -0.2) is 0 Å². The van der Waals surface area contributed by atoms with Crippen molar-refractivity contribution in [3.63, 3.8) is 0 Å². The maximum Gasteiger partial charge on any atom is 0.196 e. The van der Waals surface area contributed by atoms with Gasteiger partial charge in [-0.15, -0.1) is 0 Å². The number of carbonyl (C=O) groups excluding carboxylic acids is 1. The fourth-order valence-corrected chi connectivity index (χ4v) is 2.79. The van der Waals surface area contributed by atoms with Crippen LogP contribution in [0.5, 0.6) is 11.5 Å². The van der Waals surface area contributed by atoms with Crippen LogP contribution >= 0.6 is 31.9 Å². The number of halogens is 2. The minimum atomic E-state index is -0.113. The number of aryl methyl sites for hydroxylation is 1. The van der Waals surface area contributed by atoms with E-state index < -0.39 is 0 Å². The molecule has 3 nitrogen and oxygen atoms in total. The Balaban J connectivity index is 2.53. The van der Waals surface area contributed by atoms with Crippen LogP contribution in [0.25, 0.3) is 0 Å². The fraction of sp³-hybridized carbons (Fsp3) is 0.188. The third-order valence-corrected chi connectivity index (χ3v) is 4.63. The van der Waals surface area contributed by atoms with Crippen LogP contribution in [0.2, 0.25) is 0 Å². The van der Waals surface area contributed by atoms with Gasteiger partial charge in [-0.3, -0.25) is 4.79 Å². The maximum atomic E-state index is 12.7. The normalized spacial score (nSPS) is 10.3. The van der Waals surface area contributed by atoms with Gasteiger partial charge in [0, 0.05) is 10.0 Å². The monoisotopic (exact) mass is 412 g/mol. The first kappa shape index (κ1) is 16.0. The molecule has 0 amide bonds. The SMILES string of the molecule is COc1cc(C(=O)c2ccc(C)c(Br)c2)c(OC)cc1Br. The van der Waals surface area contributed by atoms with Crippen LogP contribution < -0.4 is 9.47 Å². The minimum absolute atomic E-state index is 0.113. The zero-order valence-corrected chi connectivity index (χ0v) is 15.0. The summed E-state index contributed by atoms with van der Waals surface area (Å²) in [4.78, 5) is 12.7. The summed E-state index contributed by atoms with van der Waals surface area (Å²) in [6.45, 7) is 1.97. The van der Waals surface area contributed by atoms with Crippen LogP contribution in [0.15, 0.2) is 39.3 Å². The molecule has 0 saturated heterocycles. The molecule has 0 fully saturated rings. The van der Waals surface area contributed by atoms with Crippen molar-refractivity contribution in [1.82, 2.24) is 0 Å². The quantitative estimate of drug-likeness (QED) is 0.677. The van der Waals surface area contributed by atoms with E-state index in [-0.39, 0.29) is 5.78 Å². The molecule has 0 saturated carbocycles. The second kappa shape index (κ2) is 6.62. The molecule has 0 aliphatic carbocycles. The summed E-state index contributed by atoms with van der Waals surface area (Å²) < 4.78 is 12.2. The number of benzene rings is 2. The smallest absolute Gasteiger partial charge is 0.196 e. The number of hydrogen-bond acceptors (Lipinski definition) is 3. The lowest BCUT2D eigenvalue weighted by Crippen LogP contribution is -2.05. The highest BCUT2D eigenvalue weighted by atomic mass is 79.9. The summed E-state index contributed by atoms with van der Waals surface area (Å²) >= 11 is 6.83. The van der Waals surface area contributed by atoms with Crippen molar-refractivity contribution in [2.75, 3.05) is 14.2 Å². The van der Waals surface area contributed by atoms with Gasteiger partial charge in [0.2, 0.25) is 0 Å². The largest absolute Gasteiger partial charge is 0.496 e. The van der Waals surface area contributed by atoms with Crippen LogP contribution in [0.3, 0.4) is 0 Å². The average molecular weight is 414 g/mol. The Labute approximate surface area is 140 Å². The van der Waals surface area contributed by atoms with E-state index in [1.807, 2.05) is 19.1 Å². The molecule has 2 rings (SSSR count). The highest BCUT2D eigenvalue weighted by molar-refractivity contribution is 9.10. The molecule has 0 bridgehead atoms. The van der Waals surface area contributed by atoms with Crippen LogP contribution in [-0.2, 0) is 0 Å². The predicted octanol–water partition coefficient (Wildman–Crippen LogP) is 4.77. The van der Waals surface area contributed by atoms with Crippen LogP contribution in [0, 0.1) is 6.92 Å². The first-order chi connectivity index (χ1) is 9.97. The molecule has 0 spiro atoms. The second-order valence-electron chi connectivity index (χ2n) is 4.48. The summed E-state index contributed by atoms with van der Waals surface area (Å²) in [6.07, 6.45) is 0. The molecule has 5 heteroatoms. The van der Waals surface area contributed by atoms with Crippen molar-refractivity contribution in [3.8, 4) is 11.5 Å². The van der Waals surface area contributed by atoms with E-state index in [4.69, 9.17) is 9.47 Å². The van der Waals surface area contributed by atoms with Crippen LogP contribution in [-0.4, -0.2) is 20.0 Å². The van der Waals surface area contributed by atoms with Gasteiger partial charge in [-0.1, -0.05) is 28.1 Å². The molecule has 0 aromatic heterocycles. The van der Waals surface area contributed by atoms with E-state index in [9.17, 15) is 4.79 Å². The standard InChI is InChI=1S/C16H14Br2O3/c1-9-4-5-10(6-12(9)17)16(19)11-7-15(21-3)13(18)8-14(11)20-2/h4-8H,1-3H3. The number of carbonyl (C=O) groups is 1. The molecule has 21 heavy (non-hydrogen) atoms. The second-order valence-corrected chi connectivity index (χ2v) is 6.19. The molecular weight excluding hydrogens is 400 g/mol. The summed E-state index contributed by atoms with van der Waals surface area (Å²) in [5, 5.41) is 0. The number of ketones is 1. The van der Waals surface area contributed by atoms with Gasteiger partial charge in [-0.2, -0.15) is 0 Å². The highest BCUT2D eigenvalue weighted by Gasteiger charge is 2.18. The lowest BCUT2D eigenvalue weighted by Gasteiger charge is -2.12. The number of rotatable bonds is 4. The molecule has 0 unspecified atom stereocenters. The third kappa shape index (κ3) is 3.30. The van der Waals surface area contributed by atoms with Crippen LogP contribution in [0.4, 0.5) is 0 Å². The van der Waals surface area contributed by atoms with E-state index in [0.717, 1.165) is 14.5 Å². The highest BCUT2D eigenvalue weighted by Crippen LogP contribution is 2.34. The Morgan fingerprint density at radius 3 is 2.19 bits per heavy atom. The van der Waals surface area contributed by atoms with Crippen molar-refractivity contribution in [3.05, 3.63) is 56.0 Å². The molecule has 0 aliphatic rings. The third-order valence-electron chi connectivity index (χ3n) is 3.15. The van der Waals surface area contributed by atoms with Gasteiger partial charge in [0.15, 0.2) is 5.78 Å². The average Bonchev–Trinajstić information content (AvgIpc) is 2.49. The number of ether oxygens (including phenoxy) is 2. The first-order valence-electron chi connectivity index (χ1n) is 6.20. The zero-order valence-electron chi connectivity index (χ0n) is 11.9. The molecule has 0 radical (unpaired) electrons. The number of methoxy groups -OCH3 is 2. The maximum absolute atomic E-state index is 12.7. The Kier molecular flexibility index (Phi) is 5.06. The lowest BCUT2D eigenvalue weighted by atomic mass is 10.0. The predicted molar refractivity (Wildman–Crippen MR) is 89.6 cm³/mol. The molecule has 2 aromatic carbocycles. The van der Waals surface area contributed by atoms with Gasteiger partial charge < -0.3 is 9.47 Å². The summed E-state index contributed by atoms with van der Waals surface area (Å²) in [5.74, 6) is 0.980. The molecule has 2 aromatic rings. The summed E-state index contributed by atoms with van der Waals surface area (Å²) in [5.41, 5.74) is 2.13. The minimum Gasteiger partial charge on any atom is -0.496 e. The van der Waals surface area contributed by atoms with Gasteiger partial charge in [-0.05, 0) is 46.6 Å². The van der Waals surface area contributed by atoms with E-state index >= 15 is 0 Å². The molecule has 0 N–H and O–H groups in total. The molecular formula is C16H14Br2O3. The van der Waals surface area contributed by atoms with E-state index in [0.29, 0.717) is 22.6 Å². The van der Waals surface area contributed by atoms with Gasteiger partial charge >= 0.3 is 0 Å². The Bertz CT molecular complexity index is 696. The number of hydrogen-bond donors (Lipinski definition) is 0. The Morgan fingerprint density at radius 1 is 0.952 bits per heavy atom. The van der Waals surface area contributed by atoms with Crippen LogP contribution in [0.1, 0.15) is 21.5 Å². The first-order valence-corrected chi connectivity index (χ1v) is 7.79. The summed E-state index contributed by atoms with van der Waals surface area (Å²) in [7, 11) is 3.10. The van der Waals surface area contributed by atoms with Crippen molar-refractivity contribution in [2.24, 2.45) is 0 Å². The van der Waals surface area contributed by atoms with E-state index in [1.54, 1.807) is 25.3 Å². The Morgan fingerprint density at radius 2 is 1.62 bits per heavy atom. The van der Waals surface area contributed by atoms with E-state index in [2.05, 4.69) is 31.9 Å². The van der Waals surface area contributed by atoms with E-state index in [1.165, 1.54) is 7.11 Å². The molecule has 0 atom stereocenters. The van der Waals surface area contributed by atoms with Crippen molar-refractivity contribution < 1.29 is 14.3 Å². The van der Waals surface area contributed by atoms with Crippen molar-refractivity contribution >= 4 is 37.6 Å². The molecule has 110 valence electrons. The Hall–Kier alpha value is -1.33. The lowest BCUT2D eigenvalue weighted by molar-refractivity contribution is 0.103. The zero-order chi connectivity index (χ0) is 15.6. The fourth-order valence-electron chi connectivity index (χ4n) is 1.93.